The molecule has 0 aliphatic heterocycles. The average Bonchev–Trinajstić information content (AvgIpc) is 1.89. The van der Waals surface area contributed by atoms with E-state index in [-0.39, 0.29) is 0 Å². The van der Waals surface area contributed by atoms with Crippen molar-refractivity contribution in [2.45, 2.75) is 26.7 Å². The third-order valence-electron chi connectivity index (χ3n) is 1.10. The molecule has 2 heteroatoms. The van der Waals surface area contributed by atoms with Crippen molar-refractivity contribution in [1.82, 2.24) is 0 Å². The summed E-state index contributed by atoms with van der Waals surface area (Å²) in [7, 11) is 0. The molecule has 0 aromatic heterocycles. The van der Waals surface area contributed by atoms with E-state index in [1.807, 2.05) is 6.92 Å². The van der Waals surface area contributed by atoms with E-state index in [1.165, 1.54) is 18.0 Å². The average molecular weight is 138 g/mol. The van der Waals surface area contributed by atoms with E-state index in [0.717, 1.165) is 12.8 Å². The number of nitrogens with zero attached hydrogens (tertiary/aromatic N) is 1. The van der Waals surface area contributed by atoms with Gasteiger partial charge in [0.25, 0.3) is 0 Å². The Balaban J connectivity index is 3.67. The summed E-state index contributed by atoms with van der Waals surface area (Å²) in [4.78, 5) is 3.88. The van der Waals surface area contributed by atoms with Crippen LogP contribution in [0.2, 0.25) is 0 Å². The standard InChI is InChI=1S/C8H14N2/c1-3-4-8(2)7-10-6-5-9/h5-7,9H,3-4H2,1-2H3/b8-7+,9-5?,10-6-. The van der Waals surface area contributed by atoms with Crippen LogP contribution in [-0.2, 0) is 0 Å². The van der Waals surface area contributed by atoms with Gasteiger partial charge >= 0.3 is 0 Å². The Morgan fingerprint density at radius 1 is 1.60 bits per heavy atom. The van der Waals surface area contributed by atoms with Crippen molar-refractivity contribution in [1.29, 1.82) is 5.41 Å². The van der Waals surface area contributed by atoms with Gasteiger partial charge in [0.05, 0.1) is 0 Å². The van der Waals surface area contributed by atoms with Crippen LogP contribution in [-0.4, -0.2) is 12.4 Å². The maximum absolute atomic E-state index is 6.65. The Labute approximate surface area is 62.2 Å². The van der Waals surface area contributed by atoms with Crippen LogP contribution in [0.4, 0.5) is 0 Å². The Morgan fingerprint density at radius 3 is 2.80 bits per heavy atom. The van der Waals surface area contributed by atoms with Gasteiger partial charge in [-0.15, -0.1) is 0 Å². The number of hydrogen-bond acceptors (Lipinski definition) is 2. The topological polar surface area (TPSA) is 36.2 Å². The molecule has 0 bridgehead atoms. The third-order valence-corrected chi connectivity index (χ3v) is 1.10. The lowest BCUT2D eigenvalue weighted by atomic mass is 10.2. The lowest BCUT2D eigenvalue weighted by molar-refractivity contribution is 0.902. The molecular formula is C8H14N2. The number of hydrogen-bond donors (Lipinski definition) is 1. The van der Waals surface area contributed by atoms with Crippen molar-refractivity contribution in [3.63, 3.8) is 0 Å². The maximum atomic E-state index is 6.65. The van der Waals surface area contributed by atoms with Crippen molar-refractivity contribution in [3.8, 4) is 0 Å². The van der Waals surface area contributed by atoms with E-state index in [2.05, 4.69) is 11.9 Å². The van der Waals surface area contributed by atoms with E-state index < -0.39 is 0 Å². The van der Waals surface area contributed by atoms with E-state index in [0.29, 0.717) is 0 Å². The van der Waals surface area contributed by atoms with E-state index >= 15 is 0 Å². The van der Waals surface area contributed by atoms with Crippen LogP contribution in [0.1, 0.15) is 26.7 Å². The van der Waals surface area contributed by atoms with Crippen LogP contribution >= 0.6 is 0 Å². The highest BCUT2D eigenvalue weighted by Crippen LogP contribution is 2.01. The SMILES string of the molecule is CCC/C(C)=C/N=C\C=N. The molecule has 2 nitrogen and oxygen atoms in total. The Bertz CT molecular complexity index is 145. The summed E-state index contributed by atoms with van der Waals surface area (Å²) < 4.78 is 0. The second-order valence-electron chi connectivity index (χ2n) is 2.19. The number of rotatable bonds is 4. The third kappa shape index (κ3) is 5.22. The Hall–Kier alpha value is -0.920. The fourth-order valence-electron chi connectivity index (χ4n) is 0.672. The molecule has 0 saturated heterocycles. The first-order chi connectivity index (χ1) is 4.81. The molecule has 0 aromatic rings. The highest BCUT2D eigenvalue weighted by atomic mass is 14.7. The molecule has 0 fully saturated rings. The van der Waals surface area contributed by atoms with Crippen molar-refractivity contribution in [2.75, 3.05) is 0 Å². The van der Waals surface area contributed by atoms with Gasteiger partial charge in [-0.1, -0.05) is 18.9 Å². The highest BCUT2D eigenvalue weighted by molar-refractivity contribution is 6.14. The molecule has 0 aromatic carbocycles. The fourth-order valence-corrected chi connectivity index (χ4v) is 0.672. The van der Waals surface area contributed by atoms with Gasteiger partial charge in [-0.2, -0.15) is 0 Å². The van der Waals surface area contributed by atoms with Gasteiger partial charge in [0.2, 0.25) is 0 Å². The molecular weight excluding hydrogens is 124 g/mol. The number of nitrogens with one attached hydrogen (secondary N) is 1. The van der Waals surface area contributed by atoms with Crippen LogP contribution in [0.3, 0.4) is 0 Å². The molecule has 0 radical (unpaired) electrons. The molecule has 0 aliphatic carbocycles. The van der Waals surface area contributed by atoms with Crippen LogP contribution in [0.5, 0.6) is 0 Å². The minimum absolute atomic E-state index is 1.09. The first-order valence-electron chi connectivity index (χ1n) is 3.49. The zero-order chi connectivity index (χ0) is 7.82. The van der Waals surface area contributed by atoms with Crippen LogP contribution < -0.4 is 0 Å². The summed E-state index contributed by atoms with van der Waals surface area (Å²) in [5.41, 5.74) is 1.26. The number of aliphatic imine (C=N–C) groups is 1. The van der Waals surface area contributed by atoms with Crippen molar-refractivity contribution in [2.24, 2.45) is 4.99 Å². The second kappa shape index (κ2) is 6.20. The van der Waals surface area contributed by atoms with Crippen molar-refractivity contribution >= 4 is 12.4 Å². The zero-order valence-electron chi connectivity index (χ0n) is 6.59. The zero-order valence-corrected chi connectivity index (χ0v) is 6.59. The predicted molar refractivity (Wildman–Crippen MR) is 45.9 cm³/mol. The molecule has 0 saturated carbocycles. The quantitative estimate of drug-likeness (QED) is 0.579. The van der Waals surface area contributed by atoms with Gasteiger partial charge in [-0.05, 0) is 13.3 Å². The molecule has 0 rings (SSSR count). The second-order valence-corrected chi connectivity index (χ2v) is 2.19. The lowest BCUT2D eigenvalue weighted by Crippen LogP contribution is -1.74. The molecule has 0 aliphatic rings. The molecule has 0 amide bonds. The fraction of sp³-hybridized carbons (Fsp3) is 0.500. The summed E-state index contributed by atoms with van der Waals surface area (Å²) in [6.07, 6.45) is 6.70. The predicted octanol–water partition coefficient (Wildman–Crippen LogP) is 2.41. The largest absolute Gasteiger partial charge is 0.307 e. The summed E-state index contributed by atoms with van der Waals surface area (Å²) in [6.45, 7) is 4.18. The van der Waals surface area contributed by atoms with Gasteiger partial charge in [-0.25, -0.2) is 0 Å². The smallest absolute Gasteiger partial charge is 0.0443 e. The summed E-state index contributed by atoms with van der Waals surface area (Å²) >= 11 is 0. The molecule has 0 heterocycles. The molecule has 1 N–H and O–H groups in total. The van der Waals surface area contributed by atoms with Gasteiger partial charge in [-0.3, -0.25) is 4.99 Å². The highest BCUT2D eigenvalue weighted by Gasteiger charge is 1.82. The van der Waals surface area contributed by atoms with E-state index in [1.54, 1.807) is 6.20 Å². The van der Waals surface area contributed by atoms with Gasteiger partial charge in [0, 0.05) is 18.6 Å². The van der Waals surface area contributed by atoms with Gasteiger partial charge < -0.3 is 5.41 Å². The van der Waals surface area contributed by atoms with Crippen molar-refractivity contribution in [3.05, 3.63) is 11.8 Å². The minimum Gasteiger partial charge on any atom is -0.307 e. The minimum atomic E-state index is 1.09. The maximum Gasteiger partial charge on any atom is 0.0443 e. The summed E-state index contributed by atoms with van der Waals surface area (Å²) in [5.74, 6) is 0. The molecule has 10 heavy (non-hydrogen) atoms. The molecule has 0 atom stereocenters. The monoisotopic (exact) mass is 138 g/mol. The Kier molecular flexibility index (Phi) is 5.63. The summed E-state index contributed by atoms with van der Waals surface area (Å²) in [6, 6.07) is 0. The van der Waals surface area contributed by atoms with Crippen LogP contribution in [0.25, 0.3) is 0 Å². The summed E-state index contributed by atoms with van der Waals surface area (Å²) in [5, 5.41) is 6.65. The lowest BCUT2D eigenvalue weighted by Gasteiger charge is -1.91. The van der Waals surface area contributed by atoms with E-state index in [4.69, 9.17) is 5.41 Å². The molecule has 56 valence electrons. The van der Waals surface area contributed by atoms with Gasteiger partial charge in [0.1, 0.15) is 0 Å². The van der Waals surface area contributed by atoms with E-state index in [9.17, 15) is 0 Å². The normalized spacial score (nSPS) is 12.4. The number of allylic oxidation sites excluding steroid dienone is 1. The van der Waals surface area contributed by atoms with Crippen LogP contribution in [0, 0.1) is 5.41 Å². The molecule has 0 unspecified atom stereocenters. The first kappa shape index (κ1) is 9.08. The molecule has 0 spiro atoms. The van der Waals surface area contributed by atoms with Gasteiger partial charge in [0.15, 0.2) is 0 Å². The first-order valence-corrected chi connectivity index (χ1v) is 3.49. The Morgan fingerprint density at radius 2 is 2.30 bits per heavy atom. The van der Waals surface area contributed by atoms with Crippen LogP contribution in [0.15, 0.2) is 16.8 Å². The van der Waals surface area contributed by atoms with Crippen molar-refractivity contribution < 1.29 is 0 Å².